The van der Waals surface area contributed by atoms with Crippen LogP contribution in [-0.4, -0.2) is 18.1 Å². The number of nitrogens with zero attached hydrogens (tertiary/aromatic N) is 1. The molecule has 2 aromatic rings. The summed E-state index contributed by atoms with van der Waals surface area (Å²) in [6.07, 6.45) is 1.49. The number of carbonyl (C=O) groups is 1. The molecule has 98 valence electrons. The lowest BCUT2D eigenvalue weighted by Gasteiger charge is -2.07. The molecule has 0 bridgehead atoms. The van der Waals surface area contributed by atoms with Crippen molar-refractivity contribution in [3.05, 3.63) is 52.4 Å². The first-order chi connectivity index (χ1) is 9.10. The maximum atomic E-state index is 13.1. The molecule has 6 heteroatoms. The number of aromatic nitrogens is 1. The van der Waals surface area contributed by atoms with Crippen molar-refractivity contribution >= 4 is 33.4 Å². The average molecular weight is 325 g/mol. The summed E-state index contributed by atoms with van der Waals surface area (Å²) in [5.74, 6) is -0.311. The fourth-order valence-electron chi connectivity index (χ4n) is 1.47. The number of carbonyl (C=O) groups excluding carboxylic acids is 1. The predicted octanol–water partition coefficient (Wildman–Crippen LogP) is 3.51. The summed E-state index contributed by atoms with van der Waals surface area (Å²) in [6.45, 7) is 0. The molecule has 4 nitrogen and oxygen atoms in total. The van der Waals surface area contributed by atoms with Gasteiger partial charge in [0.25, 0.3) is 0 Å². The molecule has 0 fully saturated rings. The standard InChI is InChI=1S/C13H10BrFN2O2/c1-19-13(18)8-4-5-16-12(6-8)17-9-2-3-11(15)10(14)7-9/h2-7H,1H3,(H,16,17). The van der Waals surface area contributed by atoms with Crippen LogP contribution < -0.4 is 5.32 Å². The molecule has 1 heterocycles. The van der Waals surface area contributed by atoms with Gasteiger partial charge in [0.1, 0.15) is 11.6 Å². The van der Waals surface area contributed by atoms with Crippen LogP contribution in [0.1, 0.15) is 10.4 Å². The zero-order valence-corrected chi connectivity index (χ0v) is 11.6. The van der Waals surface area contributed by atoms with Crippen LogP contribution in [0.4, 0.5) is 15.9 Å². The Hall–Kier alpha value is -1.95. The Bertz CT molecular complexity index is 619. The number of pyridine rings is 1. The van der Waals surface area contributed by atoms with Crippen molar-refractivity contribution in [3.63, 3.8) is 0 Å². The number of methoxy groups -OCH3 is 1. The second-order valence-corrected chi connectivity index (χ2v) is 4.53. The quantitative estimate of drug-likeness (QED) is 0.878. The monoisotopic (exact) mass is 324 g/mol. The van der Waals surface area contributed by atoms with Crippen LogP contribution >= 0.6 is 15.9 Å². The molecule has 1 aromatic heterocycles. The first-order valence-electron chi connectivity index (χ1n) is 5.36. The van der Waals surface area contributed by atoms with Crippen molar-refractivity contribution in [3.8, 4) is 0 Å². The van der Waals surface area contributed by atoms with E-state index >= 15 is 0 Å². The van der Waals surface area contributed by atoms with Gasteiger partial charge < -0.3 is 10.1 Å². The number of benzene rings is 1. The van der Waals surface area contributed by atoms with Gasteiger partial charge in [-0.05, 0) is 46.3 Å². The van der Waals surface area contributed by atoms with E-state index in [1.807, 2.05) is 0 Å². The highest BCUT2D eigenvalue weighted by Crippen LogP contribution is 2.22. The number of anilines is 2. The summed E-state index contributed by atoms with van der Waals surface area (Å²) in [5.41, 5.74) is 1.05. The van der Waals surface area contributed by atoms with E-state index in [1.54, 1.807) is 24.3 Å². The van der Waals surface area contributed by atoms with Crippen molar-refractivity contribution in [2.45, 2.75) is 0 Å². The Morgan fingerprint density at radius 1 is 1.37 bits per heavy atom. The molecule has 0 amide bonds. The molecule has 0 saturated carbocycles. The molecular formula is C13H10BrFN2O2. The number of hydrogen-bond donors (Lipinski definition) is 1. The van der Waals surface area contributed by atoms with Crippen LogP contribution in [0.15, 0.2) is 41.0 Å². The third-order valence-corrected chi connectivity index (χ3v) is 2.98. The molecule has 19 heavy (non-hydrogen) atoms. The molecule has 0 radical (unpaired) electrons. The maximum Gasteiger partial charge on any atom is 0.338 e. The Labute approximate surface area is 117 Å². The summed E-state index contributed by atoms with van der Waals surface area (Å²) in [5, 5.41) is 2.98. The molecule has 0 aliphatic rings. The van der Waals surface area contributed by atoms with Crippen LogP contribution in [0.25, 0.3) is 0 Å². The summed E-state index contributed by atoms with van der Waals surface area (Å²) < 4.78 is 18.1. The molecule has 0 unspecified atom stereocenters. The van der Waals surface area contributed by atoms with Gasteiger partial charge in [0.2, 0.25) is 0 Å². The SMILES string of the molecule is COC(=O)c1ccnc(Nc2ccc(F)c(Br)c2)c1. The Morgan fingerprint density at radius 3 is 2.84 bits per heavy atom. The van der Waals surface area contributed by atoms with Gasteiger partial charge in [-0.2, -0.15) is 0 Å². The molecule has 0 spiro atoms. The minimum absolute atomic E-state index is 0.346. The molecule has 2 rings (SSSR count). The third-order valence-electron chi connectivity index (χ3n) is 2.37. The molecule has 0 atom stereocenters. The number of halogens is 2. The number of rotatable bonds is 3. The van der Waals surface area contributed by atoms with E-state index in [4.69, 9.17) is 0 Å². The van der Waals surface area contributed by atoms with Gasteiger partial charge in [0, 0.05) is 11.9 Å². The normalized spacial score (nSPS) is 10.1. The van der Waals surface area contributed by atoms with E-state index in [0.29, 0.717) is 21.5 Å². The van der Waals surface area contributed by atoms with E-state index in [1.165, 1.54) is 19.4 Å². The summed E-state index contributed by atoms with van der Waals surface area (Å²) in [6, 6.07) is 7.60. The molecule has 0 aliphatic heterocycles. The van der Waals surface area contributed by atoms with E-state index in [9.17, 15) is 9.18 Å². The summed E-state index contributed by atoms with van der Waals surface area (Å²) in [7, 11) is 1.31. The van der Waals surface area contributed by atoms with E-state index in [2.05, 4.69) is 31.0 Å². The van der Waals surface area contributed by atoms with Crippen LogP contribution in [0.5, 0.6) is 0 Å². The fraction of sp³-hybridized carbons (Fsp3) is 0.0769. The van der Waals surface area contributed by atoms with E-state index < -0.39 is 5.97 Å². The Morgan fingerprint density at radius 2 is 2.16 bits per heavy atom. The van der Waals surface area contributed by atoms with Gasteiger partial charge in [0.05, 0.1) is 17.1 Å². The van der Waals surface area contributed by atoms with E-state index in [-0.39, 0.29) is 5.82 Å². The second-order valence-electron chi connectivity index (χ2n) is 3.68. The number of nitrogens with one attached hydrogen (secondary N) is 1. The van der Waals surface area contributed by atoms with Gasteiger partial charge in [-0.1, -0.05) is 0 Å². The zero-order valence-electron chi connectivity index (χ0n) is 9.98. The zero-order chi connectivity index (χ0) is 13.8. The first kappa shape index (κ1) is 13.5. The number of esters is 1. The lowest BCUT2D eigenvalue weighted by molar-refractivity contribution is 0.0600. The summed E-state index contributed by atoms with van der Waals surface area (Å²) in [4.78, 5) is 15.5. The Balaban J connectivity index is 2.23. The van der Waals surface area contributed by atoms with Gasteiger partial charge in [-0.15, -0.1) is 0 Å². The molecule has 1 N–H and O–H groups in total. The highest BCUT2D eigenvalue weighted by atomic mass is 79.9. The van der Waals surface area contributed by atoms with Gasteiger partial charge in [-0.3, -0.25) is 0 Å². The fourth-order valence-corrected chi connectivity index (χ4v) is 1.84. The molecule has 0 saturated heterocycles. The number of ether oxygens (including phenoxy) is 1. The lowest BCUT2D eigenvalue weighted by Crippen LogP contribution is -2.03. The van der Waals surface area contributed by atoms with Crippen molar-refractivity contribution in [1.29, 1.82) is 0 Å². The Kier molecular flexibility index (Phi) is 4.11. The minimum atomic E-state index is -0.439. The van der Waals surface area contributed by atoms with E-state index in [0.717, 1.165) is 0 Å². The topological polar surface area (TPSA) is 51.2 Å². The van der Waals surface area contributed by atoms with Crippen molar-refractivity contribution in [2.75, 3.05) is 12.4 Å². The molecule has 1 aromatic carbocycles. The molecular weight excluding hydrogens is 315 g/mol. The van der Waals surface area contributed by atoms with Crippen molar-refractivity contribution in [1.82, 2.24) is 4.98 Å². The van der Waals surface area contributed by atoms with Gasteiger partial charge in [-0.25, -0.2) is 14.2 Å². The lowest BCUT2D eigenvalue weighted by atomic mass is 10.2. The van der Waals surface area contributed by atoms with Crippen LogP contribution in [-0.2, 0) is 4.74 Å². The van der Waals surface area contributed by atoms with Crippen molar-refractivity contribution in [2.24, 2.45) is 0 Å². The maximum absolute atomic E-state index is 13.1. The van der Waals surface area contributed by atoms with Crippen LogP contribution in [0.2, 0.25) is 0 Å². The number of hydrogen-bond acceptors (Lipinski definition) is 4. The predicted molar refractivity (Wildman–Crippen MR) is 73.0 cm³/mol. The first-order valence-corrected chi connectivity index (χ1v) is 6.16. The van der Waals surface area contributed by atoms with Crippen LogP contribution in [0, 0.1) is 5.82 Å². The third kappa shape index (κ3) is 3.29. The smallest absolute Gasteiger partial charge is 0.338 e. The van der Waals surface area contributed by atoms with Gasteiger partial charge >= 0.3 is 5.97 Å². The van der Waals surface area contributed by atoms with Crippen LogP contribution in [0.3, 0.4) is 0 Å². The minimum Gasteiger partial charge on any atom is -0.465 e. The highest BCUT2D eigenvalue weighted by Gasteiger charge is 2.07. The highest BCUT2D eigenvalue weighted by molar-refractivity contribution is 9.10. The largest absolute Gasteiger partial charge is 0.465 e. The average Bonchev–Trinajstić information content (AvgIpc) is 2.42. The summed E-state index contributed by atoms with van der Waals surface area (Å²) >= 11 is 3.10. The second kappa shape index (κ2) is 5.79. The molecule has 0 aliphatic carbocycles. The van der Waals surface area contributed by atoms with Gasteiger partial charge in [0.15, 0.2) is 0 Å². The van der Waals surface area contributed by atoms with Crippen molar-refractivity contribution < 1.29 is 13.9 Å².